The molecule has 0 N–H and O–H groups in total. The predicted octanol–water partition coefficient (Wildman–Crippen LogP) is 18.9. The van der Waals surface area contributed by atoms with E-state index in [4.69, 9.17) is 0 Å². The summed E-state index contributed by atoms with van der Waals surface area (Å²) in [5.74, 6) is 0. The zero-order chi connectivity index (χ0) is 49.8. The summed E-state index contributed by atoms with van der Waals surface area (Å²) >= 11 is 0. The van der Waals surface area contributed by atoms with Gasteiger partial charge in [-0.05, 0) is 140 Å². The lowest BCUT2D eigenvalue weighted by Gasteiger charge is -2.33. The van der Waals surface area contributed by atoms with Crippen LogP contribution < -0.4 is 19.5 Å². The minimum Gasteiger partial charge on any atom is -0.310 e. The van der Waals surface area contributed by atoms with Gasteiger partial charge < -0.3 is 4.90 Å². The van der Waals surface area contributed by atoms with Crippen molar-refractivity contribution in [2.75, 3.05) is 14.2 Å². The van der Waals surface area contributed by atoms with Crippen LogP contribution in [0, 0.1) is 0 Å². The second-order valence-corrected chi connectivity index (χ2v) is 22.1. The number of hydrogen-bond acceptors (Lipinski definition) is 2. The van der Waals surface area contributed by atoms with Gasteiger partial charge in [0.1, 0.15) is 0 Å². The third-order valence-corrected chi connectivity index (χ3v) is 17.9. The van der Waals surface area contributed by atoms with Crippen LogP contribution >= 0.6 is 7.44 Å². The van der Waals surface area contributed by atoms with E-state index in [1.165, 1.54) is 33.4 Å². The van der Waals surface area contributed by atoms with Gasteiger partial charge in [-0.1, -0.05) is 214 Å². The average Bonchev–Trinajstić information content (AvgIpc) is 3.97. The van der Waals surface area contributed by atoms with Crippen molar-refractivity contribution in [1.82, 2.24) is 0 Å². The Kier molecular flexibility index (Phi) is 11.1. The van der Waals surface area contributed by atoms with Crippen LogP contribution in [0.2, 0.25) is 0 Å². The minimum absolute atomic E-state index is 0.149. The fourth-order valence-corrected chi connectivity index (χ4v) is 14.3. The molecule has 4 nitrogen and oxygen atoms in total. The van der Waals surface area contributed by atoms with Gasteiger partial charge >= 0.3 is 7.44 Å². The van der Waals surface area contributed by atoms with Gasteiger partial charge in [-0.25, -0.2) is 0 Å². The van der Waals surface area contributed by atoms with Gasteiger partial charge in [-0.15, -0.1) is 0 Å². The highest BCUT2D eigenvalue weighted by Gasteiger charge is 2.49. The van der Waals surface area contributed by atoms with E-state index in [-0.39, 0.29) is 5.41 Å². The first-order chi connectivity index (χ1) is 36.3. The number of anilines is 7. The van der Waals surface area contributed by atoms with E-state index in [0.717, 1.165) is 78.5 Å². The Morgan fingerprint density at radius 2 is 0.757 bits per heavy atom. The van der Waals surface area contributed by atoms with Crippen LogP contribution in [0.3, 0.4) is 0 Å². The van der Waals surface area contributed by atoms with Crippen LogP contribution in [0.1, 0.15) is 25.0 Å². The summed E-state index contributed by atoms with van der Waals surface area (Å²) in [6.07, 6.45) is 0. The maximum Gasteiger partial charge on any atom is 0.301 e. The summed E-state index contributed by atoms with van der Waals surface area (Å²) in [7, 11) is -3.69. The van der Waals surface area contributed by atoms with E-state index in [9.17, 15) is 0 Å². The summed E-state index contributed by atoms with van der Waals surface area (Å²) in [5, 5.41) is 0.743. The minimum atomic E-state index is -3.69. The first kappa shape index (κ1) is 45.0. The van der Waals surface area contributed by atoms with Crippen molar-refractivity contribution in [1.29, 1.82) is 0 Å². The molecule has 74 heavy (non-hydrogen) atoms. The van der Waals surface area contributed by atoms with Gasteiger partial charge in [-0.3, -0.25) is 13.9 Å². The Morgan fingerprint density at radius 1 is 0.351 bits per heavy atom. The third-order valence-electron chi connectivity index (χ3n) is 15.0. The van der Waals surface area contributed by atoms with Crippen LogP contribution in [-0.2, 0) is 9.98 Å². The molecule has 354 valence electrons. The number of fused-ring (bicyclic) bond motifs is 4. The molecule has 2 aliphatic rings. The number of hydrogen-bond donors (Lipinski definition) is 0. The Morgan fingerprint density at radius 3 is 1.32 bits per heavy atom. The van der Waals surface area contributed by atoms with Crippen molar-refractivity contribution in [2.45, 2.75) is 19.3 Å². The molecule has 0 spiro atoms. The normalized spacial score (nSPS) is 15.1. The second kappa shape index (κ2) is 18.3. The highest BCUT2D eigenvalue weighted by molar-refractivity contribution is 7.76. The van der Waals surface area contributed by atoms with Crippen molar-refractivity contribution in [2.24, 2.45) is 0 Å². The topological polar surface area (TPSA) is 26.8 Å². The lowest BCUT2D eigenvalue weighted by atomic mass is 9.82. The molecule has 0 bridgehead atoms. The highest BCUT2D eigenvalue weighted by atomic mass is 31.2. The Labute approximate surface area is 434 Å². The molecule has 1 heterocycles. The first-order valence-corrected chi connectivity index (χ1v) is 27.0. The number of benzene rings is 11. The third kappa shape index (κ3) is 7.57. The molecule has 1 unspecified atom stereocenters. The number of nitrogens with zero attached hydrogens (tertiary/aromatic N) is 3. The molecule has 0 amide bonds. The molecule has 13 rings (SSSR count). The van der Waals surface area contributed by atoms with Crippen LogP contribution in [0.15, 0.2) is 279 Å². The molecule has 0 aromatic heterocycles. The fraction of sp³-hybridized carbons (Fsp3) is 0.0435. The zero-order valence-corrected chi connectivity index (χ0v) is 42.1. The molecule has 1 atom stereocenters. The van der Waals surface area contributed by atoms with Crippen LogP contribution in [0.25, 0.3) is 55.6 Å². The lowest BCUT2D eigenvalue weighted by molar-refractivity contribution is 0.582. The van der Waals surface area contributed by atoms with Gasteiger partial charge in [0.25, 0.3) is 0 Å². The molecular weight excluding hydrogens is 918 g/mol. The summed E-state index contributed by atoms with van der Waals surface area (Å²) in [4.78, 5) is 2.41. The molecule has 1 aliphatic carbocycles. The molecule has 5 heteroatoms. The van der Waals surface area contributed by atoms with E-state index in [1.807, 2.05) is 42.5 Å². The smallest absolute Gasteiger partial charge is 0.301 e. The fourth-order valence-electron chi connectivity index (χ4n) is 11.4. The van der Waals surface area contributed by atoms with E-state index in [0.29, 0.717) is 0 Å². The highest BCUT2D eigenvalue weighted by Crippen LogP contribution is 2.70. The molecule has 0 saturated carbocycles. The summed E-state index contributed by atoms with van der Waals surface area (Å²) < 4.78 is 21.2. The summed E-state index contributed by atoms with van der Waals surface area (Å²) in [6, 6.07) is 98.5. The van der Waals surface area contributed by atoms with E-state index in [2.05, 4.69) is 265 Å². The average molecular weight is 970 g/mol. The van der Waals surface area contributed by atoms with E-state index >= 15 is 4.57 Å². The van der Waals surface area contributed by atoms with Crippen molar-refractivity contribution < 1.29 is 4.57 Å². The van der Waals surface area contributed by atoms with Gasteiger partial charge in [-0.2, -0.15) is 0 Å². The molecular formula is C69H52N3OP. The predicted molar refractivity (Wildman–Crippen MR) is 311 cm³/mol. The second-order valence-electron chi connectivity index (χ2n) is 19.7. The Hall–Kier alpha value is -8.95. The molecule has 0 fully saturated rings. The monoisotopic (exact) mass is 969 g/mol. The van der Waals surface area contributed by atoms with Crippen molar-refractivity contribution >= 4 is 52.6 Å². The van der Waals surface area contributed by atoms with Crippen molar-refractivity contribution in [3.8, 4) is 55.6 Å². The van der Waals surface area contributed by atoms with E-state index < -0.39 is 7.44 Å². The molecule has 0 radical (unpaired) electrons. The summed E-state index contributed by atoms with van der Waals surface area (Å²) in [6.45, 7) is 4.68. The number of rotatable bonds is 10. The largest absolute Gasteiger partial charge is 0.310 e. The quantitative estimate of drug-likeness (QED) is 0.128. The molecule has 11 aromatic carbocycles. The van der Waals surface area contributed by atoms with Crippen molar-refractivity contribution in [3.63, 3.8) is 0 Å². The molecule has 11 aromatic rings. The lowest BCUT2D eigenvalue weighted by Crippen LogP contribution is -2.26. The van der Waals surface area contributed by atoms with Crippen LogP contribution in [0.4, 0.5) is 39.8 Å². The molecule has 1 aliphatic heterocycles. The Balaban J connectivity index is 0.966. The Bertz CT molecular complexity index is 3900. The van der Waals surface area contributed by atoms with Gasteiger partial charge in [0, 0.05) is 22.4 Å². The standard InChI is InChI=1S/C69H52N3OP/c1-69(2)63-33-16-15-32-62(63)68-64(69)34-19-35-66(68)70(57-41-36-52(37-42-57)49-20-7-3-8-21-49)58-43-38-53(39-44-58)56-40-45-65-67(48-56)72(60-29-18-27-55(47-60)51-24-11-5-12-25-51)74(73,61-30-13-6-14-31-61)71(65)59-28-17-26-54(46-59)50-22-9-4-10-23-50/h3-48H,1-2H3. The summed E-state index contributed by atoms with van der Waals surface area (Å²) in [5.41, 5.74) is 20.5. The maximum absolute atomic E-state index is 17.0. The van der Waals surface area contributed by atoms with E-state index in [1.54, 1.807) is 0 Å². The van der Waals surface area contributed by atoms with Crippen molar-refractivity contribution in [3.05, 3.63) is 290 Å². The van der Waals surface area contributed by atoms with Gasteiger partial charge in [0.2, 0.25) is 0 Å². The zero-order valence-electron chi connectivity index (χ0n) is 41.3. The van der Waals surface area contributed by atoms with Gasteiger partial charge in [0.15, 0.2) is 0 Å². The maximum atomic E-state index is 17.0. The van der Waals surface area contributed by atoms with Crippen LogP contribution in [0.5, 0.6) is 0 Å². The SMILES string of the molecule is CC1(C)c2ccccc2-c2c(N(c3ccc(-c4ccccc4)cc3)c3ccc(-c4ccc5c(c4)N(c4cccc(-c6ccccc6)c4)P(=O)(c4ccccc4)N5c4cccc(-c5ccccc5)c4)cc3)cccc21. The van der Waals surface area contributed by atoms with Gasteiger partial charge in [0.05, 0.1) is 33.7 Å². The molecule has 0 saturated heterocycles. The first-order valence-electron chi connectivity index (χ1n) is 25.4. The van der Waals surface area contributed by atoms with Crippen LogP contribution in [-0.4, -0.2) is 0 Å².